The number of rotatable bonds is 2. The fraction of sp³-hybridized carbons (Fsp3) is 0.200. The van der Waals surface area contributed by atoms with Crippen LogP contribution in [-0.2, 0) is 11.2 Å². The fourth-order valence-corrected chi connectivity index (χ4v) is 3.51. The molecule has 1 aromatic carbocycles. The predicted octanol–water partition coefficient (Wildman–Crippen LogP) is 2.28. The first kappa shape index (κ1) is 13.6. The Labute approximate surface area is 125 Å². The van der Waals surface area contributed by atoms with E-state index in [1.165, 1.54) is 28.4 Å². The minimum absolute atomic E-state index is 0.0130. The maximum Gasteiger partial charge on any atom is 0.331 e. The second-order valence-corrected chi connectivity index (χ2v) is 5.84. The monoisotopic (exact) mass is 303 g/mol. The highest BCUT2D eigenvalue weighted by atomic mass is 32.1. The topological polar surface area (TPSA) is 77.8 Å². The van der Waals surface area contributed by atoms with Gasteiger partial charge in [-0.05, 0) is 41.6 Å². The number of carbonyl (C=O) groups excluding carboxylic acids is 1. The Morgan fingerprint density at radius 3 is 2.81 bits per heavy atom. The molecule has 0 saturated carbocycles. The van der Waals surface area contributed by atoms with Crippen molar-refractivity contribution in [2.45, 2.75) is 12.5 Å². The zero-order valence-corrected chi connectivity index (χ0v) is 11.8. The van der Waals surface area contributed by atoms with Crippen molar-refractivity contribution in [1.82, 2.24) is 4.90 Å². The molecular weight excluding hydrogens is 290 g/mol. The Morgan fingerprint density at radius 1 is 1.29 bits per heavy atom. The number of carboxylic acids is 1. The molecule has 0 fully saturated rings. The van der Waals surface area contributed by atoms with Gasteiger partial charge < -0.3 is 15.1 Å². The molecule has 2 aromatic rings. The van der Waals surface area contributed by atoms with Crippen LogP contribution in [0.25, 0.3) is 0 Å². The standard InChI is InChI=1S/C15H13NO4S/c17-10-3-1-2-9(8-10)14(18)16-6-4-12-11(5-7-21-12)13(16)15(19)20/h1-3,5,7-8,13,17H,4,6H2,(H,19,20). The summed E-state index contributed by atoms with van der Waals surface area (Å²) < 4.78 is 0. The van der Waals surface area contributed by atoms with Gasteiger partial charge >= 0.3 is 5.97 Å². The number of amides is 1. The highest BCUT2D eigenvalue weighted by molar-refractivity contribution is 7.10. The Hall–Kier alpha value is -2.34. The van der Waals surface area contributed by atoms with E-state index in [-0.39, 0.29) is 11.7 Å². The number of aromatic hydroxyl groups is 1. The van der Waals surface area contributed by atoms with Crippen molar-refractivity contribution in [3.05, 3.63) is 51.7 Å². The first-order valence-electron chi connectivity index (χ1n) is 6.47. The van der Waals surface area contributed by atoms with Crippen molar-refractivity contribution >= 4 is 23.2 Å². The Bertz CT molecular complexity index is 709. The molecule has 0 radical (unpaired) electrons. The molecule has 1 aliphatic heterocycles. The number of phenols is 1. The maximum absolute atomic E-state index is 12.6. The molecule has 5 nitrogen and oxygen atoms in total. The lowest BCUT2D eigenvalue weighted by atomic mass is 9.99. The zero-order chi connectivity index (χ0) is 15.0. The number of carbonyl (C=O) groups is 2. The molecule has 2 heterocycles. The third-order valence-corrected chi connectivity index (χ3v) is 4.55. The van der Waals surface area contributed by atoms with Crippen molar-refractivity contribution in [3.63, 3.8) is 0 Å². The molecule has 21 heavy (non-hydrogen) atoms. The summed E-state index contributed by atoms with van der Waals surface area (Å²) in [7, 11) is 0. The van der Waals surface area contributed by atoms with Crippen LogP contribution in [0.1, 0.15) is 26.8 Å². The van der Waals surface area contributed by atoms with Crippen LogP contribution < -0.4 is 0 Å². The molecule has 3 rings (SSSR count). The van der Waals surface area contributed by atoms with E-state index in [2.05, 4.69) is 0 Å². The second-order valence-electron chi connectivity index (χ2n) is 4.84. The van der Waals surface area contributed by atoms with Gasteiger partial charge in [0.25, 0.3) is 5.91 Å². The van der Waals surface area contributed by atoms with Gasteiger partial charge in [-0.1, -0.05) is 6.07 Å². The summed E-state index contributed by atoms with van der Waals surface area (Å²) in [5.41, 5.74) is 0.979. The molecule has 0 saturated heterocycles. The number of hydrogen-bond acceptors (Lipinski definition) is 4. The summed E-state index contributed by atoms with van der Waals surface area (Å²) in [6.45, 7) is 0.360. The number of fused-ring (bicyclic) bond motifs is 1. The predicted molar refractivity (Wildman–Crippen MR) is 77.5 cm³/mol. The summed E-state index contributed by atoms with van der Waals surface area (Å²) in [5, 5.41) is 20.8. The molecule has 1 atom stereocenters. The average molecular weight is 303 g/mol. The van der Waals surface area contributed by atoms with Crippen LogP contribution in [0.15, 0.2) is 35.7 Å². The summed E-state index contributed by atoms with van der Waals surface area (Å²) in [5.74, 6) is -1.43. The third-order valence-electron chi connectivity index (χ3n) is 3.55. The number of thiophene rings is 1. The van der Waals surface area contributed by atoms with Crippen LogP contribution in [0, 0.1) is 0 Å². The van der Waals surface area contributed by atoms with Crippen molar-refractivity contribution < 1.29 is 19.8 Å². The molecule has 2 N–H and O–H groups in total. The number of phenolic OH excluding ortho intramolecular Hbond substituents is 1. The Kier molecular flexibility index (Phi) is 3.39. The lowest BCUT2D eigenvalue weighted by molar-refractivity contribution is -0.142. The summed E-state index contributed by atoms with van der Waals surface area (Å²) in [4.78, 5) is 26.5. The Balaban J connectivity index is 1.98. The molecule has 1 amide bonds. The van der Waals surface area contributed by atoms with E-state index in [1.807, 2.05) is 5.38 Å². The largest absolute Gasteiger partial charge is 0.508 e. The van der Waals surface area contributed by atoms with Crippen LogP contribution >= 0.6 is 11.3 Å². The van der Waals surface area contributed by atoms with Crippen molar-refractivity contribution in [1.29, 1.82) is 0 Å². The van der Waals surface area contributed by atoms with Gasteiger partial charge in [0.2, 0.25) is 0 Å². The smallest absolute Gasteiger partial charge is 0.331 e. The van der Waals surface area contributed by atoms with Crippen LogP contribution in [0.5, 0.6) is 5.75 Å². The minimum Gasteiger partial charge on any atom is -0.508 e. The first-order chi connectivity index (χ1) is 10.1. The molecule has 1 aliphatic rings. The molecule has 0 aliphatic carbocycles. The SMILES string of the molecule is O=C(O)C1c2ccsc2CCN1C(=O)c1cccc(O)c1. The van der Waals surface area contributed by atoms with E-state index in [0.29, 0.717) is 24.1 Å². The molecule has 1 unspecified atom stereocenters. The van der Waals surface area contributed by atoms with Gasteiger partial charge in [0, 0.05) is 17.0 Å². The number of hydrogen-bond donors (Lipinski definition) is 2. The lowest BCUT2D eigenvalue weighted by Crippen LogP contribution is -2.43. The first-order valence-corrected chi connectivity index (χ1v) is 7.35. The average Bonchev–Trinajstić information content (AvgIpc) is 2.93. The van der Waals surface area contributed by atoms with Gasteiger partial charge in [-0.3, -0.25) is 4.79 Å². The van der Waals surface area contributed by atoms with E-state index < -0.39 is 12.0 Å². The summed E-state index contributed by atoms with van der Waals surface area (Å²) >= 11 is 1.52. The van der Waals surface area contributed by atoms with Gasteiger partial charge in [0.05, 0.1) is 0 Å². The van der Waals surface area contributed by atoms with Gasteiger partial charge in [-0.2, -0.15) is 0 Å². The number of carboxylic acid groups (broad SMARTS) is 1. The van der Waals surface area contributed by atoms with Crippen LogP contribution in [0.3, 0.4) is 0 Å². The molecular formula is C15H13NO4S. The third kappa shape index (κ3) is 2.38. The van der Waals surface area contributed by atoms with Crippen molar-refractivity contribution in [2.24, 2.45) is 0 Å². The zero-order valence-electron chi connectivity index (χ0n) is 11.0. The molecule has 6 heteroatoms. The summed E-state index contributed by atoms with van der Waals surface area (Å²) in [6, 6.07) is 6.77. The quantitative estimate of drug-likeness (QED) is 0.892. The summed E-state index contributed by atoms with van der Waals surface area (Å²) in [6.07, 6.45) is 0.654. The maximum atomic E-state index is 12.6. The molecule has 108 valence electrons. The van der Waals surface area contributed by atoms with Crippen LogP contribution in [-0.4, -0.2) is 33.5 Å². The molecule has 0 bridgehead atoms. The van der Waals surface area contributed by atoms with E-state index in [4.69, 9.17) is 0 Å². The van der Waals surface area contributed by atoms with Gasteiger partial charge in [-0.15, -0.1) is 11.3 Å². The molecule has 1 aromatic heterocycles. The van der Waals surface area contributed by atoms with Crippen molar-refractivity contribution in [2.75, 3.05) is 6.54 Å². The lowest BCUT2D eigenvalue weighted by Gasteiger charge is -2.33. The number of aliphatic carboxylic acids is 1. The van der Waals surface area contributed by atoms with Crippen LogP contribution in [0.2, 0.25) is 0 Å². The second kappa shape index (κ2) is 5.21. The fourth-order valence-electron chi connectivity index (χ4n) is 2.61. The highest BCUT2D eigenvalue weighted by Gasteiger charge is 2.36. The van der Waals surface area contributed by atoms with E-state index in [0.717, 1.165) is 4.88 Å². The van der Waals surface area contributed by atoms with Gasteiger partial charge in [0.1, 0.15) is 5.75 Å². The minimum atomic E-state index is -1.04. The van der Waals surface area contributed by atoms with Crippen molar-refractivity contribution in [3.8, 4) is 5.75 Å². The normalized spacial score (nSPS) is 17.3. The molecule has 0 spiro atoms. The Morgan fingerprint density at radius 2 is 2.10 bits per heavy atom. The van der Waals surface area contributed by atoms with Gasteiger partial charge in [0.15, 0.2) is 6.04 Å². The van der Waals surface area contributed by atoms with E-state index >= 15 is 0 Å². The van der Waals surface area contributed by atoms with E-state index in [9.17, 15) is 19.8 Å². The highest BCUT2D eigenvalue weighted by Crippen LogP contribution is 2.34. The van der Waals surface area contributed by atoms with Gasteiger partial charge in [-0.25, -0.2) is 4.79 Å². The number of nitrogens with zero attached hydrogens (tertiary/aromatic N) is 1. The van der Waals surface area contributed by atoms with E-state index in [1.54, 1.807) is 18.2 Å². The van der Waals surface area contributed by atoms with Crippen LogP contribution in [0.4, 0.5) is 0 Å². The number of benzene rings is 1.